The van der Waals surface area contributed by atoms with Crippen molar-refractivity contribution in [1.29, 1.82) is 0 Å². The van der Waals surface area contributed by atoms with Crippen LogP contribution in [0.25, 0.3) is 10.9 Å². The molecule has 3 aromatic rings. The van der Waals surface area contributed by atoms with Crippen LogP contribution in [0, 0.1) is 11.6 Å². The molecule has 0 aliphatic carbocycles. The lowest BCUT2D eigenvalue weighted by Crippen LogP contribution is -2.44. The zero-order chi connectivity index (χ0) is 24.9. The van der Waals surface area contributed by atoms with Crippen molar-refractivity contribution in [1.82, 2.24) is 9.88 Å². The number of ether oxygens (including phenoxy) is 2. The first kappa shape index (κ1) is 25.6. The van der Waals surface area contributed by atoms with E-state index in [-0.39, 0.29) is 19.0 Å². The Morgan fingerprint density at radius 2 is 1.82 bits per heavy atom. The first-order valence-corrected chi connectivity index (χ1v) is 11.3. The Hall–Kier alpha value is -3.00. The number of hydrogen-bond acceptors (Lipinski definition) is 4. The number of benzene rings is 2. The second kappa shape index (κ2) is 11.0. The molecule has 2 heterocycles. The fourth-order valence-electron chi connectivity index (χ4n) is 4.06. The lowest BCUT2D eigenvalue weighted by Gasteiger charge is -2.36. The van der Waals surface area contributed by atoms with E-state index in [1.165, 1.54) is 29.1 Å². The van der Waals surface area contributed by atoms with E-state index in [4.69, 9.17) is 4.74 Å². The first-order chi connectivity index (χ1) is 16.0. The maximum Gasteiger partial charge on any atom is 0.302 e. The maximum absolute atomic E-state index is 13.9. The van der Waals surface area contributed by atoms with Crippen molar-refractivity contribution < 1.29 is 27.4 Å². The number of para-hydroxylation sites is 1. The van der Waals surface area contributed by atoms with Crippen LogP contribution in [0.5, 0.6) is 5.75 Å². The topological polar surface area (TPSA) is 54.6 Å². The van der Waals surface area contributed by atoms with Crippen molar-refractivity contribution in [3.63, 3.8) is 0 Å². The molecule has 0 fully saturated rings. The van der Waals surface area contributed by atoms with Gasteiger partial charge >= 0.3 is 5.97 Å². The molecule has 1 aliphatic heterocycles. The second-order valence-electron chi connectivity index (χ2n) is 9.10. The van der Waals surface area contributed by atoms with Crippen molar-refractivity contribution in [2.24, 2.45) is 0 Å². The SMILES string of the molecule is CC(=O)OCCOc1cc(F)cc(F)c1.CC1Cc2c([nH]c3ccccc23)CN1CC(C)(C)F. The Morgan fingerprint density at radius 1 is 1.15 bits per heavy atom. The van der Waals surface area contributed by atoms with Crippen LogP contribution in [0.4, 0.5) is 13.2 Å². The van der Waals surface area contributed by atoms with Crippen LogP contribution < -0.4 is 4.74 Å². The Kier molecular flexibility index (Phi) is 8.25. The number of aromatic nitrogens is 1. The summed E-state index contributed by atoms with van der Waals surface area (Å²) in [6, 6.07) is 11.7. The van der Waals surface area contributed by atoms with Crippen LogP contribution in [0.1, 0.15) is 39.0 Å². The minimum absolute atomic E-state index is 0.0491. The van der Waals surface area contributed by atoms with Crippen LogP contribution in [-0.2, 0) is 22.5 Å². The van der Waals surface area contributed by atoms with Crippen LogP contribution in [-0.4, -0.2) is 47.3 Å². The van der Waals surface area contributed by atoms with Crippen LogP contribution in [0.3, 0.4) is 0 Å². The summed E-state index contributed by atoms with van der Waals surface area (Å²) in [6.45, 7) is 8.18. The normalized spacial score (nSPS) is 15.9. The van der Waals surface area contributed by atoms with Gasteiger partial charge < -0.3 is 14.5 Å². The molecule has 2 aromatic carbocycles. The summed E-state index contributed by atoms with van der Waals surface area (Å²) >= 11 is 0. The molecule has 8 heteroatoms. The molecule has 0 bridgehead atoms. The maximum atomic E-state index is 13.9. The molecular weight excluding hydrogens is 445 g/mol. The number of esters is 1. The lowest BCUT2D eigenvalue weighted by molar-refractivity contribution is -0.141. The van der Waals surface area contributed by atoms with Gasteiger partial charge in [-0.2, -0.15) is 0 Å². The van der Waals surface area contributed by atoms with E-state index in [9.17, 15) is 18.0 Å². The van der Waals surface area contributed by atoms with Crippen molar-refractivity contribution >= 4 is 16.9 Å². The Morgan fingerprint density at radius 3 is 2.47 bits per heavy atom. The Balaban J connectivity index is 0.000000197. The molecule has 0 spiro atoms. The summed E-state index contributed by atoms with van der Waals surface area (Å²) in [5, 5.41) is 1.32. The number of nitrogens with zero attached hydrogens (tertiary/aromatic N) is 1. The minimum atomic E-state index is -1.14. The minimum Gasteiger partial charge on any atom is -0.490 e. The smallest absolute Gasteiger partial charge is 0.302 e. The van der Waals surface area contributed by atoms with Gasteiger partial charge in [-0.25, -0.2) is 13.2 Å². The number of nitrogens with one attached hydrogen (secondary N) is 1. The highest BCUT2D eigenvalue weighted by atomic mass is 19.1. The molecular formula is C26H31F3N2O3. The van der Waals surface area contributed by atoms with Gasteiger partial charge in [0.15, 0.2) is 0 Å². The fourth-order valence-corrected chi connectivity index (χ4v) is 4.06. The number of fused-ring (bicyclic) bond motifs is 3. The molecule has 1 aliphatic rings. The Bertz CT molecular complexity index is 1100. The molecule has 4 rings (SSSR count). The molecule has 1 unspecified atom stereocenters. The van der Waals surface area contributed by atoms with Crippen LogP contribution >= 0.6 is 0 Å². The van der Waals surface area contributed by atoms with Crippen molar-refractivity contribution in [3.05, 3.63) is 65.4 Å². The van der Waals surface area contributed by atoms with Crippen LogP contribution in [0.2, 0.25) is 0 Å². The highest BCUT2D eigenvalue weighted by Crippen LogP contribution is 2.31. The van der Waals surface area contributed by atoms with Gasteiger partial charge in [-0.15, -0.1) is 0 Å². The average molecular weight is 477 g/mol. The van der Waals surface area contributed by atoms with E-state index in [1.807, 2.05) is 0 Å². The molecule has 5 nitrogen and oxygen atoms in total. The molecule has 1 aromatic heterocycles. The predicted octanol–water partition coefficient (Wildman–Crippen LogP) is 5.57. The molecule has 0 saturated carbocycles. The van der Waals surface area contributed by atoms with E-state index in [0.717, 1.165) is 31.2 Å². The van der Waals surface area contributed by atoms with Gasteiger partial charge in [0.2, 0.25) is 0 Å². The quantitative estimate of drug-likeness (QED) is 0.373. The fraction of sp³-hybridized carbons (Fsp3) is 0.423. The third kappa shape index (κ3) is 7.25. The van der Waals surface area contributed by atoms with Crippen molar-refractivity contribution in [3.8, 4) is 5.75 Å². The van der Waals surface area contributed by atoms with E-state index in [0.29, 0.717) is 12.6 Å². The first-order valence-electron chi connectivity index (χ1n) is 11.3. The van der Waals surface area contributed by atoms with Gasteiger partial charge in [-0.05, 0) is 38.8 Å². The highest BCUT2D eigenvalue weighted by molar-refractivity contribution is 5.84. The number of alkyl halides is 1. The van der Waals surface area contributed by atoms with Crippen molar-refractivity contribution in [2.75, 3.05) is 19.8 Å². The zero-order valence-corrected chi connectivity index (χ0v) is 20.0. The number of carbonyl (C=O) groups excluding carboxylic acids is 1. The number of hydrogen-bond donors (Lipinski definition) is 1. The predicted molar refractivity (Wildman–Crippen MR) is 126 cm³/mol. The van der Waals surface area contributed by atoms with Gasteiger partial charge in [-0.3, -0.25) is 9.69 Å². The van der Waals surface area contributed by atoms with E-state index in [1.54, 1.807) is 13.8 Å². The van der Waals surface area contributed by atoms with Crippen LogP contribution in [0.15, 0.2) is 42.5 Å². The highest BCUT2D eigenvalue weighted by Gasteiger charge is 2.30. The molecule has 0 saturated heterocycles. The third-order valence-corrected chi connectivity index (χ3v) is 5.46. The van der Waals surface area contributed by atoms with E-state index in [2.05, 4.69) is 45.8 Å². The second-order valence-corrected chi connectivity index (χ2v) is 9.10. The number of carbonyl (C=O) groups is 1. The summed E-state index contributed by atoms with van der Waals surface area (Å²) < 4.78 is 48.7. The monoisotopic (exact) mass is 476 g/mol. The van der Waals surface area contributed by atoms with Gasteiger partial charge in [0.1, 0.15) is 36.3 Å². The lowest BCUT2D eigenvalue weighted by atomic mass is 9.96. The molecule has 1 N–H and O–H groups in total. The van der Waals surface area contributed by atoms with Gasteiger partial charge in [-0.1, -0.05) is 18.2 Å². The Labute approximate surface area is 197 Å². The van der Waals surface area contributed by atoms with Gasteiger partial charge in [0.25, 0.3) is 0 Å². The number of H-pyrrole nitrogens is 1. The largest absolute Gasteiger partial charge is 0.490 e. The van der Waals surface area contributed by atoms with Gasteiger partial charge in [0, 0.05) is 60.9 Å². The number of rotatable bonds is 6. The number of aromatic amines is 1. The molecule has 34 heavy (non-hydrogen) atoms. The molecule has 0 radical (unpaired) electrons. The molecule has 0 amide bonds. The standard InChI is InChI=1S/C16H21FN2.C10H10F2O3/c1-11-8-13-12-6-4-5-7-14(12)18-15(13)9-19(11)10-16(2,3)17;1-7(13)14-2-3-15-10-5-8(11)4-9(12)6-10/h4-7,11,18H,8-10H2,1-3H3;4-6H,2-3H2,1H3. The zero-order valence-electron chi connectivity index (χ0n) is 20.0. The van der Waals surface area contributed by atoms with Gasteiger partial charge in [0.05, 0.1) is 0 Å². The molecule has 1 atom stereocenters. The van der Waals surface area contributed by atoms with E-state index >= 15 is 0 Å². The average Bonchev–Trinajstić information content (AvgIpc) is 3.07. The number of halogens is 3. The third-order valence-electron chi connectivity index (χ3n) is 5.46. The van der Waals surface area contributed by atoms with E-state index < -0.39 is 23.3 Å². The molecule has 184 valence electrons. The summed E-state index contributed by atoms with van der Waals surface area (Å²) in [4.78, 5) is 16.1. The van der Waals surface area contributed by atoms with Crippen molar-refractivity contribution in [2.45, 2.75) is 52.4 Å². The summed E-state index contributed by atoms with van der Waals surface area (Å²) in [6.07, 6.45) is 0.995. The summed E-state index contributed by atoms with van der Waals surface area (Å²) in [5.74, 6) is -1.78. The summed E-state index contributed by atoms with van der Waals surface area (Å²) in [7, 11) is 0. The summed E-state index contributed by atoms with van der Waals surface area (Å²) in [5.41, 5.74) is 2.72.